The summed E-state index contributed by atoms with van der Waals surface area (Å²) in [5.74, 6) is -1.78. The summed E-state index contributed by atoms with van der Waals surface area (Å²) in [7, 11) is 1.43. The van der Waals surface area contributed by atoms with Crippen molar-refractivity contribution in [1.29, 1.82) is 0 Å². The highest BCUT2D eigenvalue weighted by Crippen LogP contribution is 2.45. The number of amides is 1. The van der Waals surface area contributed by atoms with E-state index in [-0.39, 0.29) is 16.9 Å². The fourth-order valence-corrected chi connectivity index (χ4v) is 5.53. The topological polar surface area (TPSA) is 100.0 Å². The highest BCUT2D eigenvalue weighted by molar-refractivity contribution is 7.22. The van der Waals surface area contributed by atoms with E-state index in [0.717, 1.165) is 15.8 Å². The van der Waals surface area contributed by atoms with Gasteiger partial charge in [0.25, 0.3) is 5.78 Å². The summed E-state index contributed by atoms with van der Waals surface area (Å²) in [6.07, 6.45) is 0. The zero-order valence-corrected chi connectivity index (χ0v) is 21.1. The van der Waals surface area contributed by atoms with Gasteiger partial charge in [0.15, 0.2) is 5.13 Å². The average Bonchev–Trinajstić information content (AvgIpc) is 3.37. The number of benzene rings is 3. The standard InChI is InChI=1S/C27H21ClN2O5S/c1-13-10-19-21(11-14(13)2)36-27(29-19)30-23(15-4-7-17(31)8-5-15)22(25(33)26(30)34)24(32)18-12-16(28)6-9-20(18)35-3/h4-12,23,31-32H,1-3H3/b24-22+. The van der Waals surface area contributed by atoms with E-state index in [4.69, 9.17) is 16.3 Å². The number of phenolic OH excluding ortho intramolecular Hbond substituents is 1. The first-order valence-corrected chi connectivity index (χ1v) is 12.2. The van der Waals surface area contributed by atoms with Gasteiger partial charge >= 0.3 is 5.91 Å². The number of carbonyl (C=O) groups excluding carboxylic acids is 2. The van der Waals surface area contributed by atoms with Crippen LogP contribution in [0.3, 0.4) is 0 Å². The number of thiazole rings is 1. The molecule has 0 aliphatic carbocycles. The van der Waals surface area contributed by atoms with Crippen molar-refractivity contribution in [2.45, 2.75) is 19.9 Å². The van der Waals surface area contributed by atoms with Crippen LogP contribution in [0.1, 0.15) is 28.3 Å². The third kappa shape index (κ3) is 3.88. The molecule has 0 radical (unpaired) electrons. The highest BCUT2D eigenvalue weighted by Gasteiger charge is 2.48. The van der Waals surface area contributed by atoms with Crippen LogP contribution in [-0.4, -0.2) is 34.0 Å². The van der Waals surface area contributed by atoms with E-state index < -0.39 is 23.5 Å². The Kier molecular flexibility index (Phi) is 5.94. The number of carbonyl (C=O) groups is 2. The largest absolute Gasteiger partial charge is 0.508 e. The second-order valence-corrected chi connectivity index (χ2v) is 9.95. The molecule has 5 rings (SSSR count). The number of halogens is 1. The molecule has 1 aromatic heterocycles. The number of aliphatic hydroxyl groups excluding tert-OH is 1. The molecule has 1 aliphatic heterocycles. The van der Waals surface area contributed by atoms with E-state index in [0.29, 0.717) is 27.0 Å². The molecule has 182 valence electrons. The molecule has 0 spiro atoms. The summed E-state index contributed by atoms with van der Waals surface area (Å²) in [4.78, 5) is 32.8. The van der Waals surface area contributed by atoms with Gasteiger partial charge in [0.2, 0.25) is 0 Å². The smallest absolute Gasteiger partial charge is 0.301 e. The Balaban J connectivity index is 1.76. The third-order valence-corrected chi connectivity index (χ3v) is 7.52. The van der Waals surface area contributed by atoms with Crippen LogP contribution < -0.4 is 9.64 Å². The molecule has 2 heterocycles. The molecular weight excluding hydrogens is 500 g/mol. The normalized spacial score (nSPS) is 17.2. The summed E-state index contributed by atoms with van der Waals surface area (Å²) in [6.45, 7) is 3.98. The fraction of sp³-hybridized carbons (Fsp3) is 0.148. The van der Waals surface area contributed by atoms with Gasteiger partial charge in [-0.1, -0.05) is 35.1 Å². The summed E-state index contributed by atoms with van der Waals surface area (Å²) in [6, 6.07) is 13.7. The number of aryl methyl sites for hydroxylation is 2. The minimum atomic E-state index is -0.989. The van der Waals surface area contributed by atoms with Crippen molar-refractivity contribution < 1.29 is 24.5 Å². The first kappa shape index (κ1) is 23.8. The molecular formula is C27H21ClN2O5S. The van der Waals surface area contributed by atoms with Crippen LogP contribution in [0.4, 0.5) is 5.13 Å². The Labute approximate surface area is 215 Å². The zero-order chi connectivity index (χ0) is 25.7. The minimum Gasteiger partial charge on any atom is -0.508 e. The number of methoxy groups -OCH3 is 1. The van der Waals surface area contributed by atoms with Crippen LogP contribution in [0.2, 0.25) is 5.02 Å². The fourth-order valence-electron chi connectivity index (χ4n) is 4.28. The second kappa shape index (κ2) is 8.96. The van der Waals surface area contributed by atoms with E-state index >= 15 is 0 Å². The van der Waals surface area contributed by atoms with Crippen LogP contribution >= 0.6 is 22.9 Å². The molecule has 36 heavy (non-hydrogen) atoms. The van der Waals surface area contributed by atoms with Gasteiger partial charge in [-0.2, -0.15) is 0 Å². The van der Waals surface area contributed by atoms with Gasteiger partial charge in [-0.05, 0) is 73.0 Å². The number of nitrogens with zero attached hydrogens (tertiary/aromatic N) is 2. The monoisotopic (exact) mass is 520 g/mol. The molecule has 0 saturated carbocycles. The quantitative estimate of drug-likeness (QED) is 0.197. The SMILES string of the molecule is COc1ccc(Cl)cc1/C(O)=C1\C(=O)C(=O)N(c2nc3cc(C)c(C)cc3s2)C1c1ccc(O)cc1. The van der Waals surface area contributed by atoms with Crippen molar-refractivity contribution in [2.75, 3.05) is 12.0 Å². The van der Waals surface area contributed by atoms with Gasteiger partial charge in [-0.25, -0.2) is 4.98 Å². The van der Waals surface area contributed by atoms with Crippen LogP contribution in [0.15, 0.2) is 60.2 Å². The summed E-state index contributed by atoms with van der Waals surface area (Å²) < 4.78 is 6.24. The number of rotatable bonds is 4. The van der Waals surface area contributed by atoms with Crippen LogP contribution in [-0.2, 0) is 9.59 Å². The molecule has 1 atom stereocenters. The van der Waals surface area contributed by atoms with E-state index in [1.165, 1.54) is 41.5 Å². The Bertz CT molecular complexity index is 1540. The van der Waals surface area contributed by atoms with Crippen LogP contribution in [0.5, 0.6) is 11.5 Å². The maximum Gasteiger partial charge on any atom is 0.301 e. The number of Topliss-reactive ketones (excluding diaryl/α,β-unsaturated/α-hetero) is 1. The van der Waals surface area contributed by atoms with Gasteiger partial charge in [-0.3, -0.25) is 14.5 Å². The summed E-state index contributed by atoms with van der Waals surface area (Å²) >= 11 is 7.45. The second-order valence-electron chi connectivity index (χ2n) is 8.51. The number of ether oxygens (including phenoxy) is 1. The number of hydrogen-bond acceptors (Lipinski definition) is 7. The summed E-state index contributed by atoms with van der Waals surface area (Å²) in [5, 5.41) is 21.9. The third-order valence-electron chi connectivity index (χ3n) is 6.27. The number of anilines is 1. The lowest BCUT2D eigenvalue weighted by molar-refractivity contribution is -0.132. The lowest BCUT2D eigenvalue weighted by atomic mass is 9.95. The predicted octanol–water partition coefficient (Wildman–Crippen LogP) is 5.91. The lowest BCUT2D eigenvalue weighted by Crippen LogP contribution is -2.29. The molecule has 4 aromatic rings. The predicted molar refractivity (Wildman–Crippen MR) is 140 cm³/mol. The van der Waals surface area contributed by atoms with E-state index in [9.17, 15) is 19.8 Å². The van der Waals surface area contributed by atoms with E-state index in [1.807, 2.05) is 26.0 Å². The molecule has 1 amide bonds. The first-order chi connectivity index (χ1) is 17.2. The van der Waals surface area contributed by atoms with Gasteiger partial charge in [-0.15, -0.1) is 0 Å². The number of aromatic nitrogens is 1. The molecule has 3 aromatic carbocycles. The molecule has 2 N–H and O–H groups in total. The molecule has 9 heteroatoms. The van der Waals surface area contributed by atoms with Crippen molar-refractivity contribution in [3.05, 3.63) is 87.4 Å². The Hall–Kier alpha value is -3.88. The zero-order valence-electron chi connectivity index (χ0n) is 19.6. The van der Waals surface area contributed by atoms with Crippen molar-refractivity contribution in [3.8, 4) is 11.5 Å². The van der Waals surface area contributed by atoms with Crippen molar-refractivity contribution in [2.24, 2.45) is 0 Å². The first-order valence-electron chi connectivity index (χ1n) is 11.0. The maximum atomic E-state index is 13.4. The van der Waals surface area contributed by atoms with Gasteiger partial charge in [0, 0.05) is 5.02 Å². The van der Waals surface area contributed by atoms with Gasteiger partial charge in [0.05, 0.1) is 34.5 Å². The van der Waals surface area contributed by atoms with Crippen molar-refractivity contribution >= 4 is 55.7 Å². The molecule has 1 aliphatic rings. The summed E-state index contributed by atoms with van der Waals surface area (Å²) in [5.41, 5.74) is 3.43. The minimum absolute atomic E-state index is 0.0261. The van der Waals surface area contributed by atoms with Gasteiger partial charge < -0.3 is 14.9 Å². The number of aliphatic hydroxyl groups is 1. The number of aromatic hydroxyl groups is 1. The number of hydrogen-bond donors (Lipinski definition) is 2. The van der Waals surface area contributed by atoms with Crippen molar-refractivity contribution in [3.63, 3.8) is 0 Å². The number of ketones is 1. The lowest BCUT2D eigenvalue weighted by Gasteiger charge is -2.23. The molecule has 7 nitrogen and oxygen atoms in total. The molecule has 0 bridgehead atoms. The Morgan fingerprint density at radius 2 is 1.75 bits per heavy atom. The van der Waals surface area contributed by atoms with Crippen LogP contribution in [0.25, 0.3) is 16.0 Å². The van der Waals surface area contributed by atoms with Crippen LogP contribution in [0, 0.1) is 13.8 Å². The maximum absolute atomic E-state index is 13.4. The van der Waals surface area contributed by atoms with Crippen molar-refractivity contribution in [1.82, 2.24) is 4.98 Å². The number of phenols is 1. The van der Waals surface area contributed by atoms with E-state index in [2.05, 4.69) is 4.98 Å². The molecule has 1 unspecified atom stereocenters. The van der Waals surface area contributed by atoms with Gasteiger partial charge in [0.1, 0.15) is 17.3 Å². The highest BCUT2D eigenvalue weighted by atomic mass is 35.5. The Morgan fingerprint density at radius 1 is 1.06 bits per heavy atom. The Morgan fingerprint density at radius 3 is 2.44 bits per heavy atom. The number of fused-ring (bicyclic) bond motifs is 1. The van der Waals surface area contributed by atoms with E-state index in [1.54, 1.807) is 24.3 Å². The molecule has 1 fully saturated rings. The molecule has 1 saturated heterocycles. The average molecular weight is 521 g/mol.